The number of hydrogen-bond donors (Lipinski definition) is 1. The molecule has 3 aliphatic carbocycles. The van der Waals surface area contributed by atoms with E-state index in [1.807, 2.05) is 36.5 Å². The second kappa shape index (κ2) is 6.33. The van der Waals surface area contributed by atoms with Crippen LogP contribution in [-0.2, 0) is 4.79 Å². The fourth-order valence-corrected chi connectivity index (χ4v) is 7.62. The van der Waals surface area contributed by atoms with Crippen LogP contribution in [0.2, 0.25) is 0 Å². The minimum absolute atomic E-state index is 0.141. The highest BCUT2D eigenvalue weighted by molar-refractivity contribution is 5.89. The minimum atomic E-state index is 0.141. The fourth-order valence-electron chi connectivity index (χ4n) is 7.62. The summed E-state index contributed by atoms with van der Waals surface area (Å²) in [6.07, 6.45) is 15.5. The number of nitrogens with one attached hydrogen (secondary N) is 1. The van der Waals surface area contributed by atoms with Gasteiger partial charge in [-0.3, -0.25) is 9.78 Å². The number of amides is 1. The molecule has 1 N–H and O–H groups in total. The van der Waals surface area contributed by atoms with Crippen molar-refractivity contribution in [3.63, 3.8) is 0 Å². The second-order valence-electron chi connectivity index (χ2n) is 10.2. The maximum Gasteiger partial charge on any atom is 0.246 e. The zero-order valence-corrected chi connectivity index (χ0v) is 17.4. The highest BCUT2D eigenvalue weighted by Gasteiger charge is 2.60. The highest BCUT2D eigenvalue weighted by atomic mass is 16.2. The van der Waals surface area contributed by atoms with Crippen molar-refractivity contribution in [3.8, 4) is 0 Å². The number of carbonyl (C=O) groups is 1. The maximum atomic E-state index is 12.2. The van der Waals surface area contributed by atoms with E-state index in [-0.39, 0.29) is 11.3 Å². The smallest absolute Gasteiger partial charge is 0.246 e. The van der Waals surface area contributed by atoms with Gasteiger partial charge >= 0.3 is 0 Å². The largest absolute Gasteiger partial charge is 0.381 e. The summed E-state index contributed by atoms with van der Waals surface area (Å²) in [7, 11) is 2.01. The number of rotatable bonds is 2. The fraction of sp³-hybridized carbons (Fsp3) is 0.667. The van der Waals surface area contributed by atoms with E-state index in [2.05, 4.69) is 36.3 Å². The third-order valence-corrected chi connectivity index (χ3v) is 9.13. The lowest BCUT2D eigenvalue weighted by Gasteiger charge is -2.60. The third kappa shape index (κ3) is 2.49. The molecule has 2 heterocycles. The molecule has 5 rings (SSSR count). The zero-order valence-electron chi connectivity index (χ0n) is 17.4. The summed E-state index contributed by atoms with van der Waals surface area (Å²) in [6, 6.07) is 5.07. The Balaban J connectivity index is 1.41. The van der Waals surface area contributed by atoms with Gasteiger partial charge in [-0.2, -0.15) is 0 Å². The van der Waals surface area contributed by atoms with E-state index in [4.69, 9.17) is 0 Å². The van der Waals surface area contributed by atoms with Gasteiger partial charge in [-0.25, -0.2) is 0 Å². The molecule has 0 bridgehead atoms. The molecule has 0 spiro atoms. The van der Waals surface area contributed by atoms with Crippen molar-refractivity contribution < 1.29 is 4.79 Å². The van der Waals surface area contributed by atoms with Crippen LogP contribution in [-0.4, -0.2) is 34.9 Å². The Morgan fingerprint density at radius 2 is 2.00 bits per heavy atom. The van der Waals surface area contributed by atoms with Gasteiger partial charge in [0.1, 0.15) is 0 Å². The van der Waals surface area contributed by atoms with Crippen molar-refractivity contribution in [1.82, 2.24) is 9.88 Å². The molecule has 3 fully saturated rings. The summed E-state index contributed by atoms with van der Waals surface area (Å²) < 4.78 is 0. The Kier molecular flexibility index (Phi) is 4.12. The van der Waals surface area contributed by atoms with Gasteiger partial charge in [-0.15, -0.1) is 0 Å². The predicted molar refractivity (Wildman–Crippen MR) is 112 cm³/mol. The molecule has 7 atom stereocenters. The first-order chi connectivity index (χ1) is 13.4. The monoisotopic (exact) mass is 379 g/mol. The molecule has 0 aromatic carbocycles. The number of fused-ring (bicyclic) bond motifs is 5. The van der Waals surface area contributed by atoms with E-state index in [1.54, 1.807) is 0 Å². The molecule has 3 saturated carbocycles. The Morgan fingerprint density at radius 1 is 1.14 bits per heavy atom. The Bertz CT molecular complexity index is 792. The first-order valence-corrected chi connectivity index (χ1v) is 11.1. The summed E-state index contributed by atoms with van der Waals surface area (Å²) >= 11 is 0. The van der Waals surface area contributed by atoms with Gasteiger partial charge in [0.15, 0.2) is 0 Å². The molecule has 28 heavy (non-hydrogen) atoms. The average Bonchev–Trinajstić information content (AvgIpc) is 3.02. The molecule has 1 aliphatic heterocycles. The zero-order chi connectivity index (χ0) is 19.5. The van der Waals surface area contributed by atoms with Gasteiger partial charge in [0.2, 0.25) is 5.91 Å². The van der Waals surface area contributed by atoms with Gasteiger partial charge in [0.25, 0.3) is 0 Å². The average molecular weight is 380 g/mol. The lowest BCUT2D eigenvalue weighted by molar-refractivity contribution is -0.138. The summed E-state index contributed by atoms with van der Waals surface area (Å²) in [4.78, 5) is 18.5. The standard InChI is InChI=1S/C24H33N3O/c1-23-12-10-19-17(6-9-21-24(19,2)13-11-22(28)27(21)3)18(23)7-8-20(23)26-16-5-4-14-25-15-16/h4-5,11,13-15,17-21,26H,6-10,12H2,1-3H3/t17-,18-,19+,20?,21?,23-,24+/m0/s1. The second-order valence-corrected chi connectivity index (χ2v) is 10.2. The predicted octanol–water partition coefficient (Wildman–Crippen LogP) is 4.50. The van der Waals surface area contributed by atoms with Crippen LogP contribution in [0.25, 0.3) is 0 Å². The van der Waals surface area contributed by atoms with Crippen LogP contribution in [0.15, 0.2) is 36.7 Å². The quantitative estimate of drug-likeness (QED) is 0.823. The first-order valence-electron chi connectivity index (χ1n) is 11.1. The van der Waals surface area contributed by atoms with Crippen LogP contribution in [0, 0.1) is 28.6 Å². The first kappa shape index (κ1) is 18.2. The minimum Gasteiger partial charge on any atom is -0.381 e. The summed E-state index contributed by atoms with van der Waals surface area (Å²) in [5.41, 5.74) is 1.66. The highest BCUT2D eigenvalue weighted by Crippen LogP contribution is 2.64. The molecule has 0 saturated heterocycles. The van der Waals surface area contributed by atoms with Crippen LogP contribution in [0.5, 0.6) is 0 Å². The van der Waals surface area contributed by atoms with Crippen molar-refractivity contribution in [2.24, 2.45) is 28.6 Å². The van der Waals surface area contributed by atoms with Crippen molar-refractivity contribution in [1.29, 1.82) is 0 Å². The van der Waals surface area contributed by atoms with Crippen LogP contribution in [0.1, 0.15) is 52.4 Å². The Hall–Kier alpha value is -1.84. The molecular weight excluding hydrogens is 346 g/mol. The van der Waals surface area contributed by atoms with Crippen LogP contribution in [0.3, 0.4) is 0 Å². The normalized spacial score (nSPS) is 44.6. The van der Waals surface area contributed by atoms with Crippen molar-refractivity contribution in [3.05, 3.63) is 36.7 Å². The number of aromatic nitrogens is 1. The summed E-state index contributed by atoms with van der Waals surface area (Å²) in [5, 5.41) is 3.83. The van der Waals surface area contributed by atoms with Crippen molar-refractivity contribution in [2.75, 3.05) is 12.4 Å². The molecule has 4 aliphatic rings. The van der Waals surface area contributed by atoms with Gasteiger partial charge in [0.05, 0.1) is 5.69 Å². The molecule has 150 valence electrons. The van der Waals surface area contributed by atoms with E-state index < -0.39 is 0 Å². The lowest BCUT2D eigenvalue weighted by atomic mass is 9.48. The summed E-state index contributed by atoms with van der Waals surface area (Å²) in [6.45, 7) is 4.96. The third-order valence-electron chi connectivity index (χ3n) is 9.13. The molecular formula is C24H33N3O. The topological polar surface area (TPSA) is 45.2 Å². The molecule has 0 radical (unpaired) electrons. The SMILES string of the molecule is CN1C(=O)C=C[C@@]2(C)C1CC[C@@H]1[C@H]2CC[C@]2(C)C(Nc3cccnc3)CC[C@@H]12. The van der Waals surface area contributed by atoms with Crippen LogP contribution < -0.4 is 5.32 Å². The number of nitrogens with zero attached hydrogens (tertiary/aromatic N) is 2. The number of carbonyl (C=O) groups excluding carboxylic acids is 1. The van der Waals surface area contributed by atoms with Gasteiger partial charge < -0.3 is 10.2 Å². The van der Waals surface area contributed by atoms with E-state index in [9.17, 15) is 4.79 Å². The summed E-state index contributed by atoms with van der Waals surface area (Å²) in [5.74, 6) is 2.46. The van der Waals surface area contributed by atoms with Crippen LogP contribution >= 0.6 is 0 Å². The number of likely N-dealkylation sites (N-methyl/N-ethyl adjacent to an activating group) is 1. The van der Waals surface area contributed by atoms with E-state index in [0.29, 0.717) is 23.4 Å². The number of pyridine rings is 1. The Morgan fingerprint density at radius 3 is 2.79 bits per heavy atom. The maximum absolute atomic E-state index is 12.2. The van der Waals surface area contributed by atoms with Crippen molar-refractivity contribution in [2.45, 2.75) is 64.5 Å². The van der Waals surface area contributed by atoms with E-state index >= 15 is 0 Å². The molecule has 1 aromatic rings. The Labute approximate surface area is 168 Å². The lowest BCUT2D eigenvalue weighted by Crippen LogP contribution is -2.60. The number of anilines is 1. The molecule has 1 amide bonds. The van der Waals surface area contributed by atoms with Crippen molar-refractivity contribution >= 4 is 11.6 Å². The van der Waals surface area contributed by atoms with E-state index in [1.165, 1.54) is 32.1 Å². The number of hydrogen-bond acceptors (Lipinski definition) is 3. The van der Waals surface area contributed by atoms with Gasteiger partial charge in [0, 0.05) is 36.9 Å². The molecule has 1 aromatic heterocycles. The molecule has 2 unspecified atom stereocenters. The van der Waals surface area contributed by atoms with Gasteiger partial charge in [-0.05, 0) is 79.9 Å². The van der Waals surface area contributed by atoms with Gasteiger partial charge in [-0.1, -0.05) is 19.9 Å². The molecule has 4 heteroatoms. The molecule has 4 nitrogen and oxygen atoms in total. The van der Waals surface area contributed by atoms with E-state index in [0.717, 1.165) is 23.9 Å². The van der Waals surface area contributed by atoms with Crippen LogP contribution in [0.4, 0.5) is 5.69 Å².